The summed E-state index contributed by atoms with van der Waals surface area (Å²) in [7, 11) is 0. The summed E-state index contributed by atoms with van der Waals surface area (Å²) < 4.78 is 37.6. The average molecular weight is 355 g/mol. The van der Waals surface area contributed by atoms with E-state index in [2.05, 4.69) is 0 Å². The van der Waals surface area contributed by atoms with Crippen molar-refractivity contribution in [3.63, 3.8) is 0 Å². The normalized spacial score (nSPS) is 15.6. The van der Waals surface area contributed by atoms with Crippen LogP contribution in [-0.2, 0) is 6.18 Å². The molecule has 1 amide bonds. The highest BCUT2D eigenvalue weighted by molar-refractivity contribution is 14.1. The Bertz CT molecular complexity index is 455. The largest absolute Gasteiger partial charge is 0.417 e. The fourth-order valence-electron chi connectivity index (χ4n) is 1.58. The molecule has 6 heteroatoms. The van der Waals surface area contributed by atoms with Gasteiger partial charge in [0, 0.05) is 22.2 Å². The minimum atomic E-state index is -4.37. The smallest absolute Gasteiger partial charge is 0.339 e. The summed E-state index contributed by atoms with van der Waals surface area (Å²) >= 11 is 1.61. The van der Waals surface area contributed by atoms with Crippen LogP contribution in [0, 0.1) is 3.57 Å². The van der Waals surface area contributed by atoms with Crippen LogP contribution in [0.2, 0.25) is 0 Å². The van der Waals surface area contributed by atoms with Gasteiger partial charge in [-0.2, -0.15) is 13.2 Å². The Hall–Kier alpha value is -0.790. The zero-order valence-corrected chi connectivity index (χ0v) is 10.9. The Morgan fingerprint density at radius 1 is 1.29 bits per heavy atom. The number of hydrogen-bond acceptors (Lipinski definition) is 1. The van der Waals surface area contributed by atoms with Crippen LogP contribution >= 0.6 is 22.6 Å². The monoisotopic (exact) mass is 355 g/mol. The highest BCUT2D eigenvalue weighted by Crippen LogP contribution is 2.33. The summed E-state index contributed by atoms with van der Waals surface area (Å²) in [5.74, 6) is -0.192. The number of carbonyl (C=O) groups is 1. The maximum atomic E-state index is 12.5. The standard InChI is InChI=1S/C11H9F3INO/c12-11(13,14)8-3-2-7(6-9(8)15)10(17)16-4-1-5-16/h2-3,6H,1,4-5H2. The highest BCUT2D eigenvalue weighted by Gasteiger charge is 2.33. The molecule has 0 atom stereocenters. The van der Waals surface area contributed by atoms with Gasteiger partial charge in [0.2, 0.25) is 0 Å². The van der Waals surface area contributed by atoms with E-state index in [0.717, 1.165) is 12.5 Å². The second-order valence-electron chi connectivity index (χ2n) is 3.84. The van der Waals surface area contributed by atoms with E-state index in [1.807, 2.05) is 0 Å². The molecule has 1 saturated heterocycles. The molecule has 0 aromatic heterocycles. The predicted molar refractivity (Wildman–Crippen MR) is 64.7 cm³/mol. The Balaban J connectivity index is 2.27. The molecule has 1 fully saturated rings. The molecule has 0 N–H and O–H groups in total. The van der Waals surface area contributed by atoms with Crippen LogP contribution in [0.5, 0.6) is 0 Å². The fraction of sp³-hybridized carbons (Fsp3) is 0.364. The summed E-state index contributed by atoms with van der Waals surface area (Å²) in [6, 6.07) is 3.50. The topological polar surface area (TPSA) is 20.3 Å². The minimum Gasteiger partial charge on any atom is -0.339 e. The Morgan fingerprint density at radius 3 is 2.35 bits per heavy atom. The van der Waals surface area contributed by atoms with Gasteiger partial charge in [-0.25, -0.2) is 0 Å². The lowest BCUT2D eigenvalue weighted by molar-refractivity contribution is -0.138. The van der Waals surface area contributed by atoms with Crippen molar-refractivity contribution in [3.8, 4) is 0 Å². The van der Waals surface area contributed by atoms with E-state index in [-0.39, 0.29) is 9.48 Å². The lowest BCUT2D eigenvalue weighted by Crippen LogP contribution is -2.42. The van der Waals surface area contributed by atoms with Crippen molar-refractivity contribution in [1.82, 2.24) is 4.90 Å². The number of benzene rings is 1. The lowest BCUT2D eigenvalue weighted by atomic mass is 10.1. The van der Waals surface area contributed by atoms with Gasteiger partial charge >= 0.3 is 6.18 Å². The van der Waals surface area contributed by atoms with Gasteiger partial charge < -0.3 is 4.90 Å². The maximum absolute atomic E-state index is 12.5. The molecular formula is C11H9F3INO. The summed E-state index contributed by atoms with van der Waals surface area (Å²) in [5, 5.41) is 0. The zero-order chi connectivity index (χ0) is 12.6. The first-order valence-electron chi connectivity index (χ1n) is 5.05. The SMILES string of the molecule is O=C(c1ccc(C(F)(F)F)c(I)c1)N1CCC1. The van der Waals surface area contributed by atoms with Crippen LogP contribution in [0.25, 0.3) is 0 Å². The molecule has 0 spiro atoms. The molecule has 1 aromatic carbocycles. The van der Waals surface area contributed by atoms with Crippen LogP contribution in [0.1, 0.15) is 22.3 Å². The third-order valence-electron chi connectivity index (χ3n) is 2.66. The van der Waals surface area contributed by atoms with Gasteiger partial charge in [-0.1, -0.05) is 0 Å². The van der Waals surface area contributed by atoms with Crippen molar-refractivity contribution in [2.45, 2.75) is 12.6 Å². The van der Waals surface area contributed by atoms with E-state index >= 15 is 0 Å². The molecule has 0 aliphatic carbocycles. The first kappa shape index (κ1) is 12.7. The van der Waals surface area contributed by atoms with E-state index in [1.54, 1.807) is 27.5 Å². The van der Waals surface area contributed by atoms with Crippen molar-refractivity contribution < 1.29 is 18.0 Å². The van der Waals surface area contributed by atoms with Gasteiger partial charge in [0.05, 0.1) is 5.56 Å². The van der Waals surface area contributed by atoms with Crippen molar-refractivity contribution in [3.05, 3.63) is 32.9 Å². The van der Waals surface area contributed by atoms with Crippen LogP contribution in [0.4, 0.5) is 13.2 Å². The highest BCUT2D eigenvalue weighted by atomic mass is 127. The van der Waals surface area contributed by atoms with Crippen LogP contribution < -0.4 is 0 Å². The molecule has 0 saturated carbocycles. The average Bonchev–Trinajstić information content (AvgIpc) is 2.12. The predicted octanol–water partition coefficient (Wildman–Crippen LogP) is 3.16. The molecule has 1 aliphatic rings. The number of hydrogen-bond donors (Lipinski definition) is 0. The van der Waals surface area contributed by atoms with Crippen LogP contribution in [-0.4, -0.2) is 23.9 Å². The van der Waals surface area contributed by atoms with Gasteiger partial charge in [-0.05, 0) is 47.2 Å². The summed E-state index contributed by atoms with van der Waals surface area (Å²) in [4.78, 5) is 13.4. The van der Waals surface area contributed by atoms with Gasteiger partial charge in [0.1, 0.15) is 0 Å². The maximum Gasteiger partial charge on any atom is 0.417 e. The summed E-state index contributed by atoms with van der Waals surface area (Å²) in [6.45, 7) is 1.38. The van der Waals surface area contributed by atoms with Crippen LogP contribution in [0.3, 0.4) is 0 Å². The summed E-state index contributed by atoms with van der Waals surface area (Å²) in [5.41, 5.74) is -0.375. The first-order valence-corrected chi connectivity index (χ1v) is 6.13. The Kier molecular flexibility index (Phi) is 3.33. The molecule has 2 rings (SSSR count). The molecule has 2 nitrogen and oxygen atoms in total. The Morgan fingerprint density at radius 2 is 1.94 bits per heavy atom. The number of likely N-dealkylation sites (tertiary alicyclic amines) is 1. The van der Waals surface area contributed by atoms with E-state index in [4.69, 9.17) is 0 Å². The van der Waals surface area contributed by atoms with E-state index in [1.165, 1.54) is 12.1 Å². The molecule has 17 heavy (non-hydrogen) atoms. The number of carbonyl (C=O) groups excluding carboxylic acids is 1. The quantitative estimate of drug-likeness (QED) is 0.709. The number of amides is 1. The molecule has 1 heterocycles. The van der Waals surface area contributed by atoms with Gasteiger partial charge in [0.15, 0.2) is 0 Å². The molecule has 0 bridgehead atoms. The number of halogens is 4. The molecule has 1 aliphatic heterocycles. The number of rotatable bonds is 1. The lowest BCUT2D eigenvalue weighted by Gasteiger charge is -2.31. The molecular weight excluding hydrogens is 346 g/mol. The molecule has 0 radical (unpaired) electrons. The minimum absolute atomic E-state index is 0.0569. The zero-order valence-electron chi connectivity index (χ0n) is 8.72. The van der Waals surface area contributed by atoms with Gasteiger partial charge in [-0.3, -0.25) is 4.79 Å². The number of nitrogens with zero attached hydrogens (tertiary/aromatic N) is 1. The third kappa shape index (κ3) is 2.56. The molecule has 1 aromatic rings. The third-order valence-corrected chi connectivity index (χ3v) is 3.56. The Labute approximate surface area is 110 Å². The first-order chi connectivity index (χ1) is 7.89. The second kappa shape index (κ2) is 4.47. The van der Waals surface area contributed by atoms with Crippen molar-refractivity contribution in [2.24, 2.45) is 0 Å². The molecule has 0 unspecified atom stereocenters. The summed E-state index contributed by atoms with van der Waals surface area (Å²) in [6.07, 6.45) is -3.40. The van der Waals surface area contributed by atoms with Crippen LogP contribution in [0.15, 0.2) is 18.2 Å². The van der Waals surface area contributed by atoms with Crippen molar-refractivity contribution >= 4 is 28.5 Å². The van der Waals surface area contributed by atoms with Crippen molar-refractivity contribution in [2.75, 3.05) is 13.1 Å². The second-order valence-corrected chi connectivity index (χ2v) is 5.00. The number of alkyl halides is 3. The van der Waals surface area contributed by atoms with E-state index in [0.29, 0.717) is 18.7 Å². The van der Waals surface area contributed by atoms with Gasteiger partial charge in [-0.15, -0.1) is 0 Å². The fourth-order valence-corrected chi connectivity index (χ4v) is 2.40. The molecule has 92 valence electrons. The van der Waals surface area contributed by atoms with Gasteiger partial charge in [0.25, 0.3) is 5.91 Å². The van der Waals surface area contributed by atoms with E-state index in [9.17, 15) is 18.0 Å². The van der Waals surface area contributed by atoms with Crippen molar-refractivity contribution in [1.29, 1.82) is 0 Å². The van der Waals surface area contributed by atoms with E-state index < -0.39 is 11.7 Å².